The van der Waals surface area contributed by atoms with Crippen molar-refractivity contribution in [1.82, 2.24) is 0 Å². The Kier molecular flexibility index (Phi) is 5.70. The molecule has 1 rings (SSSR count). The van der Waals surface area contributed by atoms with E-state index in [0.717, 1.165) is 12.0 Å². The van der Waals surface area contributed by atoms with Gasteiger partial charge in [0.1, 0.15) is 6.61 Å². The fourth-order valence-corrected chi connectivity index (χ4v) is 1.46. The second kappa shape index (κ2) is 7.07. The maximum absolute atomic E-state index is 11.7. The van der Waals surface area contributed by atoms with Gasteiger partial charge in [-0.05, 0) is 32.4 Å². The standard InChI is InChI=1S/C14H20O3/c1-4-13(16-5-2)10-17-14(15)12-8-6-11(3)7-9-12/h6-9,13H,4-5,10H2,1-3H3/t13-/m0/s1. The van der Waals surface area contributed by atoms with Gasteiger partial charge in [-0.3, -0.25) is 0 Å². The van der Waals surface area contributed by atoms with Crippen LogP contribution in [0.5, 0.6) is 0 Å². The highest BCUT2D eigenvalue weighted by Gasteiger charge is 2.11. The van der Waals surface area contributed by atoms with Gasteiger partial charge in [-0.1, -0.05) is 24.6 Å². The summed E-state index contributed by atoms with van der Waals surface area (Å²) in [7, 11) is 0. The molecule has 0 unspecified atom stereocenters. The molecule has 0 aliphatic heterocycles. The van der Waals surface area contributed by atoms with Crippen molar-refractivity contribution in [1.29, 1.82) is 0 Å². The Hall–Kier alpha value is -1.35. The Labute approximate surface area is 103 Å². The van der Waals surface area contributed by atoms with Crippen molar-refractivity contribution in [3.8, 4) is 0 Å². The van der Waals surface area contributed by atoms with E-state index < -0.39 is 0 Å². The van der Waals surface area contributed by atoms with Crippen LogP contribution < -0.4 is 0 Å². The summed E-state index contributed by atoms with van der Waals surface area (Å²) < 4.78 is 10.6. The van der Waals surface area contributed by atoms with E-state index in [2.05, 4.69) is 0 Å². The lowest BCUT2D eigenvalue weighted by atomic mass is 10.1. The van der Waals surface area contributed by atoms with Crippen LogP contribution in [-0.2, 0) is 9.47 Å². The molecule has 94 valence electrons. The predicted octanol–water partition coefficient (Wildman–Crippen LogP) is 2.97. The lowest BCUT2D eigenvalue weighted by Crippen LogP contribution is -2.21. The molecule has 0 radical (unpaired) electrons. The summed E-state index contributed by atoms with van der Waals surface area (Å²) in [5, 5.41) is 0. The topological polar surface area (TPSA) is 35.5 Å². The van der Waals surface area contributed by atoms with Crippen LogP contribution in [-0.4, -0.2) is 25.3 Å². The minimum atomic E-state index is -0.289. The number of hydrogen-bond acceptors (Lipinski definition) is 3. The summed E-state index contributed by atoms with van der Waals surface area (Å²) in [4.78, 5) is 11.7. The van der Waals surface area contributed by atoms with Gasteiger partial charge >= 0.3 is 5.97 Å². The molecule has 0 heterocycles. The fraction of sp³-hybridized carbons (Fsp3) is 0.500. The molecule has 0 bridgehead atoms. The predicted molar refractivity (Wildman–Crippen MR) is 67.2 cm³/mol. The van der Waals surface area contributed by atoms with Crippen molar-refractivity contribution >= 4 is 5.97 Å². The van der Waals surface area contributed by atoms with Crippen molar-refractivity contribution in [2.24, 2.45) is 0 Å². The van der Waals surface area contributed by atoms with Gasteiger partial charge in [0.25, 0.3) is 0 Å². The monoisotopic (exact) mass is 236 g/mol. The molecule has 1 atom stereocenters. The molecule has 17 heavy (non-hydrogen) atoms. The first-order valence-corrected chi connectivity index (χ1v) is 6.02. The average Bonchev–Trinajstić information content (AvgIpc) is 2.35. The van der Waals surface area contributed by atoms with Crippen molar-refractivity contribution < 1.29 is 14.3 Å². The zero-order chi connectivity index (χ0) is 12.7. The number of aryl methyl sites for hydroxylation is 1. The molecule has 0 N–H and O–H groups in total. The second-order valence-electron chi connectivity index (χ2n) is 3.95. The van der Waals surface area contributed by atoms with E-state index >= 15 is 0 Å². The van der Waals surface area contributed by atoms with Crippen LogP contribution in [0, 0.1) is 6.92 Å². The van der Waals surface area contributed by atoms with Crippen LogP contribution in [0.4, 0.5) is 0 Å². The molecule has 0 fully saturated rings. The quantitative estimate of drug-likeness (QED) is 0.712. The fourth-order valence-electron chi connectivity index (χ4n) is 1.46. The maximum atomic E-state index is 11.7. The van der Waals surface area contributed by atoms with Gasteiger partial charge in [-0.25, -0.2) is 4.79 Å². The highest BCUT2D eigenvalue weighted by atomic mass is 16.6. The Morgan fingerprint density at radius 1 is 1.24 bits per heavy atom. The van der Waals surface area contributed by atoms with Crippen LogP contribution >= 0.6 is 0 Å². The van der Waals surface area contributed by atoms with Crippen LogP contribution in [0.1, 0.15) is 36.2 Å². The minimum absolute atomic E-state index is 0.00519. The van der Waals surface area contributed by atoms with Crippen molar-refractivity contribution in [3.05, 3.63) is 35.4 Å². The Balaban J connectivity index is 2.46. The van der Waals surface area contributed by atoms with Crippen LogP contribution in [0.3, 0.4) is 0 Å². The summed E-state index contributed by atoms with van der Waals surface area (Å²) in [5.41, 5.74) is 1.71. The molecule has 0 spiro atoms. The lowest BCUT2D eigenvalue weighted by Gasteiger charge is -2.14. The summed E-state index contributed by atoms with van der Waals surface area (Å²) in [5.74, 6) is -0.289. The molecule has 1 aromatic rings. The minimum Gasteiger partial charge on any atom is -0.459 e. The van der Waals surface area contributed by atoms with Gasteiger partial charge in [-0.2, -0.15) is 0 Å². The molecule has 0 saturated carbocycles. The first-order chi connectivity index (χ1) is 8.17. The number of benzene rings is 1. The van der Waals surface area contributed by atoms with Gasteiger partial charge in [0, 0.05) is 6.61 Å². The average molecular weight is 236 g/mol. The van der Waals surface area contributed by atoms with Gasteiger partial charge in [0.05, 0.1) is 11.7 Å². The third-order valence-corrected chi connectivity index (χ3v) is 2.55. The normalized spacial score (nSPS) is 12.2. The summed E-state index contributed by atoms with van der Waals surface area (Å²) in [6, 6.07) is 7.35. The molecular weight excluding hydrogens is 216 g/mol. The zero-order valence-electron chi connectivity index (χ0n) is 10.7. The lowest BCUT2D eigenvalue weighted by molar-refractivity contribution is -0.00528. The van der Waals surface area contributed by atoms with Crippen LogP contribution in [0.15, 0.2) is 24.3 Å². The van der Waals surface area contributed by atoms with Crippen molar-refractivity contribution in [2.75, 3.05) is 13.2 Å². The Morgan fingerprint density at radius 3 is 2.41 bits per heavy atom. The van der Waals surface area contributed by atoms with E-state index in [-0.39, 0.29) is 12.1 Å². The summed E-state index contributed by atoms with van der Waals surface area (Å²) in [6.07, 6.45) is 0.837. The first-order valence-electron chi connectivity index (χ1n) is 6.02. The number of esters is 1. The van der Waals surface area contributed by atoms with E-state index in [0.29, 0.717) is 18.8 Å². The van der Waals surface area contributed by atoms with E-state index in [1.54, 1.807) is 12.1 Å². The van der Waals surface area contributed by atoms with Gasteiger partial charge in [-0.15, -0.1) is 0 Å². The number of rotatable bonds is 6. The SMILES string of the molecule is CCO[C@@H](CC)COC(=O)c1ccc(C)cc1. The Morgan fingerprint density at radius 2 is 1.88 bits per heavy atom. The van der Waals surface area contributed by atoms with Gasteiger partial charge in [0.2, 0.25) is 0 Å². The molecule has 0 amide bonds. The molecule has 0 aliphatic rings. The summed E-state index contributed by atoms with van der Waals surface area (Å²) >= 11 is 0. The number of ether oxygens (including phenoxy) is 2. The molecule has 0 aliphatic carbocycles. The zero-order valence-corrected chi connectivity index (χ0v) is 10.7. The molecule has 0 aromatic heterocycles. The largest absolute Gasteiger partial charge is 0.459 e. The molecular formula is C14H20O3. The second-order valence-corrected chi connectivity index (χ2v) is 3.95. The van der Waals surface area contributed by atoms with Crippen molar-refractivity contribution in [3.63, 3.8) is 0 Å². The van der Waals surface area contributed by atoms with E-state index in [4.69, 9.17) is 9.47 Å². The van der Waals surface area contributed by atoms with Crippen molar-refractivity contribution in [2.45, 2.75) is 33.3 Å². The third kappa shape index (κ3) is 4.57. The third-order valence-electron chi connectivity index (χ3n) is 2.55. The molecule has 1 aromatic carbocycles. The van der Waals surface area contributed by atoms with E-state index in [9.17, 15) is 4.79 Å². The van der Waals surface area contributed by atoms with Crippen LogP contribution in [0.25, 0.3) is 0 Å². The first kappa shape index (κ1) is 13.7. The number of carbonyl (C=O) groups is 1. The maximum Gasteiger partial charge on any atom is 0.338 e. The van der Waals surface area contributed by atoms with Crippen LogP contribution in [0.2, 0.25) is 0 Å². The molecule has 3 heteroatoms. The smallest absolute Gasteiger partial charge is 0.338 e. The highest BCUT2D eigenvalue weighted by molar-refractivity contribution is 5.89. The van der Waals surface area contributed by atoms with E-state index in [1.165, 1.54) is 0 Å². The highest BCUT2D eigenvalue weighted by Crippen LogP contribution is 2.06. The number of carbonyl (C=O) groups excluding carboxylic acids is 1. The van der Waals surface area contributed by atoms with E-state index in [1.807, 2.05) is 32.9 Å². The van der Waals surface area contributed by atoms with Gasteiger partial charge < -0.3 is 9.47 Å². The van der Waals surface area contributed by atoms with Gasteiger partial charge in [0.15, 0.2) is 0 Å². The summed E-state index contributed by atoms with van der Waals surface area (Å²) in [6.45, 7) is 6.89. The molecule has 0 saturated heterocycles. The molecule has 3 nitrogen and oxygen atoms in total. The number of hydrogen-bond donors (Lipinski definition) is 0. The Bertz CT molecular complexity index is 343.